The lowest BCUT2D eigenvalue weighted by molar-refractivity contribution is -0.138. The van der Waals surface area contributed by atoms with Gasteiger partial charge in [0.15, 0.2) is 6.61 Å². The third-order valence-electron chi connectivity index (χ3n) is 5.01. The van der Waals surface area contributed by atoms with Crippen LogP contribution in [0.15, 0.2) is 60.8 Å². The summed E-state index contributed by atoms with van der Waals surface area (Å²) in [4.78, 5) is 26.9. The van der Waals surface area contributed by atoms with Gasteiger partial charge in [0.25, 0.3) is 5.91 Å². The maximum absolute atomic E-state index is 12.9. The minimum absolute atomic E-state index is 0.238. The maximum Gasteiger partial charge on any atom is 0.342 e. The maximum atomic E-state index is 12.9. The second-order valence-electron chi connectivity index (χ2n) is 6.97. The lowest BCUT2D eigenvalue weighted by atomic mass is 10.1. The summed E-state index contributed by atoms with van der Waals surface area (Å²) < 4.78 is 17.4. The Morgan fingerprint density at radius 3 is 2.42 bits per heavy atom. The molecular formula is C23H23N3O5. The van der Waals surface area contributed by atoms with Crippen molar-refractivity contribution in [2.45, 2.75) is 0 Å². The first-order valence-corrected chi connectivity index (χ1v) is 9.98. The first-order chi connectivity index (χ1) is 15.2. The van der Waals surface area contributed by atoms with E-state index in [4.69, 9.17) is 14.2 Å². The Hall–Kier alpha value is -3.65. The highest BCUT2D eigenvalue weighted by Crippen LogP contribution is 2.26. The second-order valence-corrected chi connectivity index (χ2v) is 6.97. The zero-order valence-corrected chi connectivity index (χ0v) is 17.2. The summed E-state index contributed by atoms with van der Waals surface area (Å²) in [5, 5.41) is 4.61. The van der Waals surface area contributed by atoms with Gasteiger partial charge in [0, 0.05) is 24.8 Å². The molecule has 2 heterocycles. The molecule has 1 fully saturated rings. The van der Waals surface area contributed by atoms with E-state index in [9.17, 15) is 9.59 Å². The standard InChI is InChI=1S/C23H23N3O5/c1-29-19-9-7-17(8-10-19)22-20(15-26(24-22)18-5-3-2-4-6-18)23(28)31-16-21(27)25-11-13-30-14-12-25/h2-10,15H,11-14,16H2,1H3. The van der Waals surface area contributed by atoms with Crippen LogP contribution in [0.5, 0.6) is 5.75 Å². The summed E-state index contributed by atoms with van der Waals surface area (Å²) in [6.45, 7) is 1.66. The fraction of sp³-hybridized carbons (Fsp3) is 0.261. The number of esters is 1. The fourth-order valence-electron chi connectivity index (χ4n) is 3.31. The van der Waals surface area contributed by atoms with Crippen LogP contribution in [-0.4, -0.2) is 66.6 Å². The Balaban J connectivity index is 1.58. The normalized spacial score (nSPS) is 13.6. The average molecular weight is 421 g/mol. The number of rotatable bonds is 6. The zero-order chi connectivity index (χ0) is 21.6. The van der Waals surface area contributed by atoms with Crippen LogP contribution in [0.1, 0.15) is 10.4 Å². The Labute approximate surface area is 179 Å². The highest BCUT2D eigenvalue weighted by atomic mass is 16.5. The van der Waals surface area contributed by atoms with Crippen molar-refractivity contribution in [3.8, 4) is 22.7 Å². The van der Waals surface area contributed by atoms with Crippen molar-refractivity contribution in [2.75, 3.05) is 40.0 Å². The highest BCUT2D eigenvalue weighted by Gasteiger charge is 2.23. The smallest absolute Gasteiger partial charge is 0.342 e. The minimum Gasteiger partial charge on any atom is -0.497 e. The van der Waals surface area contributed by atoms with E-state index in [-0.39, 0.29) is 18.1 Å². The van der Waals surface area contributed by atoms with Gasteiger partial charge >= 0.3 is 5.97 Å². The number of hydrogen-bond donors (Lipinski definition) is 0. The molecule has 8 nitrogen and oxygen atoms in total. The van der Waals surface area contributed by atoms with Gasteiger partial charge in [-0.15, -0.1) is 0 Å². The summed E-state index contributed by atoms with van der Waals surface area (Å²) in [6.07, 6.45) is 1.62. The van der Waals surface area contributed by atoms with Crippen LogP contribution < -0.4 is 4.74 Å². The van der Waals surface area contributed by atoms with Crippen molar-refractivity contribution in [1.29, 1.82) is 0 Å². The topological polar surface area (TPSA) is 82.9 Å². The van der Waals surface area contributed by atoms with Crippen LogP contribution in [-0.2, 0) is 14.3 Å². The van der Waals surface area contributed by atoms with Crippen LogP contribution in [0.25, 0.3) is 16.9 Å². The molecule has 3 aromatic rings. The minimum atomic E-state index is -0.602. The lowest BCUT2D eigenvalue weighted by Gasteiger charge is -2.26. The Kier molecular flexibility index (Phi) is 6.28. The van der Waals surface area contributed by atoms with Gasteiger partial charge in [-0.25, -0.2) is 9.48 Å². The van der Waals surface area contributed by atoms with E-state index >= 15 is 0 Å². The molecule has 1 saturated heterocycles. The molecule has 0 aliphatic carbocycles. The monoisotopic (exact) mass is 421 g/mol. The van der Waals surface area contributed by atoms with E-state index in [1.165, 1.54) is 0 Å². The predicted molar refractivity (Wildman–Crippen MR) is 113 cm³/mol. The molecule has 160 valence electrons. The number of amides is 1. The van der Waals surface area contributed by atoms with Crippen LogP contribution in [0.3, 0.4) is 0 Å². The van der Waals surface area contributed by atoms with Crippen molar-refractivity contribution in [2.24, 2.45) is 0 Å². The number of carbonyl (C=O) groups excluding carboxylic acids is 2. The van der Waals surface area contributed by atoms with E-state index in [1.54, 1.807) is 35.0 Å². The van der Waals surface area contributed by atoms with Gasteiger partial charge in [-0.3, -0.25) is 4.79 Å². The fourth-order valence-corrected chi connectivity index (χ4v) is 3.31. The van der Waals surface area contributed by atoms with Gasteiger partial charge in [-0.2, -0.15) is 5.10 Å². The molecule has 1 aliphatic rings. The van der Waals surface area contributed by atoms with E-state index in [0.717, 1.165) is 11.3 Å². The number of ether oxygens (including phenoxy) is 3. The number of hydrogen-bond acceptors (Lipinski definition) is 6. The molecule has 0 spiro atoms. The molecule has 1 amide bonds. The molecule has 0 radical (unpaired) electrons. The molecule has 1 aromatic heterocycles. The molecule has 2 aromatic carbocycles. The van der Waals surface area contributed by atoms with Crippen LogP contribution in [0.4, 0.5) is 0 Å². The number of para-hydroxylation sites is 1. The molecule has 1 aliphatic heterocycles. The van der Waals surface area contributed by atoms with Crippen LogP contribution >= 0.6 is 0 Å². The van der Waals surface area contributed by atoms with E-state index in [2.05, 4.69) is 5.10 Å². The third-order valence-corrected chi connectivity index (χ3v) is 5.01. The Bertz CT molecular complexity index is 1040. The third kappa shape index (κ3) is 4.75. The zero-order valence-electron chi connectivity index (χ0n) is 17.2. The number of morpholine rings is 1. The number of benzene rings is 2. The summed E-state index contributed by atoms with van der Waals surface area (Å²) in [6, 6.07) is 16.7. The molecule has 8 heteroatoms. The van der Waals surface area contributed by atoms with Crippen molar-refractivity contribution >= 4 is 11.9 Å². The van der Waals surface area contributed by atoms with Crippen molar-refractivity contribution in [3.63, 3.8) is 0 Å². The SMILES string of the molecule is COc1ccc(-c2nn(-c3ccccc3)cc2C(=O)OCC(=O)N2CCOCC2)cc1. The number of aromatic nitrogens is 2. The quantitative estimate of drug-likeness (QED) is 0.569. The van der Waals surface area contributed by atoms with E-state index in [1.807, 2.05) is 42.5 Å². The second kappa shape index (κ2) is 9.44. The summed E-state index contributed by atoms with van der Waals surface area (Å²) in [7, 11) is 1.59. The van der Waals surface area contributed by atoms with Gasteiger partial charge < -0.3 is 19.1 Å². The molecule has 0 bridgehead atoms. The lowest BCUT2D eigenvalue weighted by Crippen LogP contribution is -2.42. The highest BCUT2D eigenvalue weighted by molar-refractivity contribution is 5.97. The van der Waals surface area contributed by atoms with E-state index in [0.29, 0.717) is 37.7 Å². The van der Waals surface area contributed by atoms with Gasteiger partial charge in [0.1, 0.15) is 17.0 Å². The molecule has 0 unspecified atom stereocenters. The van der Waals surface area contributed by atoms with Crippen LogP contribution in [0.2, 0.25) is 0 Å². The number of carbonyl (C=O) groups is 2. The first kappa shape index (κ1) is 20.6. The molecule has 0 atom stereocenters. The van der Waals surface area contributed by atoms with Crippen molar-refractivity contribution in [1.82, 2.24) is 14.7 Å². The van der Waals surface area contributed by atoms with Gasteiger partial charge in [0.2, 0.25) is 0 Å². The van der Waals surface area contributed by atoms with Crippen molar-refractivity contribution in [3.05, 3.63) is 66.4 Å². The predicted octanol–water partition coefficient (Wildman–Crippen LogP) is 2.56. The average Bonchev–Trinajstić information content (AvgIpc) is 3.29. The molecular weight excluding hydrogens is 398 g/mol. The molecule has 4 rings (SSSR count). The molecule has 0 saturated carbocycles. The van der Waals surface area contributed by atoms with Crippen LogP contribution in [0, 0.1) is 0 Å². The summed E-state index contributed by atoms with van der Waals surface area (Å²) in [5.41, 5.74) is 2.29. The van der Waals surface area contributed by atoms with Gasteiger partial charge in [-0.05, 0) is 36.4 Å². The number of methoxy groups -OCH3 is 1. The van der Waals surface area contributed by atoms with E-state index < -0.39 is 5.97 Å². The molecule has 0 N–H and O–H groups in total. The van der Waals surface area contributed by atoms with Crippen molar-refractivity contribution < 1.29 is 23.8 Å². The first-order valence-electron chi connectivity index (χ1n) is 9.98. The van der Waals surface area contributed by atoms with Gasteiger partial charge in [-0.1, -0.05) is 18.2 Å². The Morgan fingerprint density at radius 1 is 1.03 bits per heavy atom. The Morgan fingerprint density at radius 2 is 1.74 bits per heavy atom. The molecule has 31 heavy (non-hydrogen) atoms. The van der Waals surface area contributed by atoms with Gasteiger partial charge in [0.05, 0.1) is 26.0 Å². The summed E-state index contributed by atoms with van der Waals surface area (Å²) in [5.74, 6) is -0.140. The summed E-state index contributed by atoms with van der Waals surface area (Å²) >= 11 is 0. The number of nitrogens with zero attached hydrogens (tertiary/aromatic N) is 3. The largest absolute Gasteiger partial charge is 0.497 e.